The molecule has 0 unspecified atom stereocenters. The zero-order valence-corrected chi connectivity index (χ0v) is 13.1. The van der Waals surface area contributed by atoms with Crippen LogP contribution in [0.1, 0.15) is 34.5 Å². The van der Waals surface area contributed by atoms with Crippen LogP contribution >= 0.6 is 0 Å². The predicted molar refractivity (Wildman–Crippen MR) is 86.7 cm³/mol. The number of methoxy groups -OCH3 is 1. The zero-order chi connectivity index (χ0) is 16.8. The van der Waals surface area contributed by atoms with Crippen LogP contribution in [0, 0.1) is 0 Å². The van der Waals surface area contributed by atoms with Crippen LogP contribution in [0.3, 0.4) is 0 Å². The average molecular weight is 313 g/mol. The predicted octanol–water partition coefficient (Wildman–Crippen LogP) is 2.81. The molecule has 0 aliphatic heterocycles. The van der Waals surface area contributed by atoms with E-state index < -0.39 is 5.97 Å². The highest BCUT2D eigenvalue weighted by molar-refractivity contribution is 5.87. The summed E-state index contributed by atoms with van der Waals surface area (Å²) in [5.74, 6) is -0.386. The van der Waals surface area contributed by atoms with Gasteiger partial charge in [-0.15, -0.1) is 0 Å². The van der Waals surface area contributed by atoms with E-state index in [-0.39, 0.29) is 23.9 Å². The number of carbonyl (C=O) groups excluding carboxylic acids is 1. The molecule has 5 heteroatoms. The lowest BCUT2D eigenvalue weighted by Gasteiger charge is -2.17. The van der Waals surface area contributed by atoms with Crippen LogP contribution in [-0.2, 0) is 11.2 Å². The molecule has 23 heavy (non-hydrogen) atoms. The summed E-state index contributed by atoms with van der Waals surface area (Å²) in [6, 6.07) is 13.6. The molecule has 0 aliphatic carbocycles. The Labute approximate surface area is 134 Å². The number of para-hydroxylation sites is 1. The molecule has 2 aromatic carbocycles. The van der Waals surface area contributed by atoms with Gasteiger partial charge >= 0.3 is 5.97 Å². The van der Waals surface area contributed by atoms with Gasteiger partial charge in [0.05, 0.1) is 25.1 Å². The van der Waals surface area contributed by atoms with E-state index >= 15 is 0 Å². The SMILES string of the molecule is COc1ccccc1[C@@H](C)NC(=O)Cc1ccc(C(=O)O)cc1. The van der Waals surface area contributed by atoms with E-state index in [1.165, 1.54) is 12.1 Å². The number of hydrogen-bond acceptors (Lipinski definition) is 3. The maximum atomic E-state index is 12.1. The van der Waals surface area contributed by atoms with Gasteiger partial charge in [0.1, 0.15) is 5.75 Å². The first kappa shape index (κ1) is 16.5. The maximum Gasteiger partial charge on any atom is 0.335 e. The zero-order valence-electron chi connectivity index (χ0n) is 13.1. The Kier molecular flexibility index (Phi) is 5.36. The van der Waals surface area contributed by atoms with Gasteiger partial charge in [0, 0.05) is 5.56 Å². The molecule has 0 radical (unpaired) electrons. The molecule has 0 fully saturated rings. The monoisotopic (exact) mass is 313 g/mol. The van der Waals surface area contributed by atoms with Crippen molar-refractivity contribution in [1.82, 2.24) is 5.32 Å². The van der Waals surface area contributed by atoms with Gasteiger partial charge in [0.25, 0.3) is 0 Å². The third-order valence-corrected chi connectivity index (χ3v) is 3.55. The molecule has 120 valence electrons. The second-order valence-electron chi connectivity index (χ2n) is 5.21. The summed E-state index contributed by atoms with van der Waals surface area (Å²) >= 11 is 0. The van der Waals surface area contributed by atoms with Crippen LogP contribution in [0.4, 0.5) is 0 Å². The van der Waals surface area contributed by atoms with Crippen molar-refractivity contribution in [2.75, 3.05) is 7.11 Å². The molecule has 2 N–H and O–H groups in total. The van der Waals surface area contributed by atoms with E-state index in [4.69, 9.17) is 9.84 Å². The smallest absolute Gasteiger partial charge is 0.335 e. The molecule has 5 nitrogen and oxygen atoms in total. The molecule has 0 heterocycles. The van der Waals surface area contributed by atoms with E-state index in [2.05, 4.69) is 5.32 Å². The number of carboxylic acid groups (broad SMARTS) is 1. The fourth-order valence-corrected chi connectivity index (χ4v) is 2.34. The Balaban J connectivity index is 2.00. The summed E-state index contributed by atoms with van der Waals surface area (Å²) in [6.07, 6.45) is 0.194. The lowest BCUT2D eigenvalue weighted by atomic mass is 10.1. The Hall–Kier alpha value is -2.82. The van der Waals surface area contributed by atoms with Crippen molar-refractivity contribution in [3.05, 3.63) is 65.2 Å². The Morgan fingerprint density at radius 3 is 2.39 bits per heavy atom. The lowest BCUT2D eigenvalue weighted by molar-refractivity contribution is -0.121. The highest BCUT2D eigenvalue weighted by Gasteiger charge is 2.14. The number of hydrogen-bond donors (Lipinski definition) is 2. The fraction of sp³-hybridized carbons (Fsp3) is 0.222. The second kappa shape index (κ2) is 7.45. The summed E-state index contributed by atoms with van der Waals surface area (Å²) in [4.78, 5) is 23.0. The van der Waals surface area contributed by atoms with Crippen LogP contribution in [0.25, 0.3) is 0 Å². The summed E-state index contributed by atoms with van der Waals surface area (Å²) in [5.41, 5.74) is 1.88. The fourth-order valence-electron chi connectivity index (χ4n) is 2.34. The standard InChI is InChI=1S/C18H19NO4/c1-12(15-5-3-4-6-16(15)23-2)19-17(20)11-13-7-9-14(10-8-13)18(21)22/h3-10,12H,11H2,1-2H3,(H,19,20)(H,21,22)/t12-/m1/s1. The summed E-state index contributed by atoms with van der Waals surface area (Å²) < 4.78 is 5.29. The van der Waals surface area contributed by atoms with E-state index in [9.17, 15) is 9.59 Å². The van der Waals surface area contributed by atoms with E-state index in [1.54, 1.807) is 19.2 Å². The summed E-state index contributed by atoms with van der Waals surface area (Å²) in [5, 5.41) is 11.8. The van der Waals surface area contributed by atoms with Crippen LogP contribution < -0.4 is 10.1 Å². The first-order valence-corrected chi connectivity index (χ1v) is 7.25. The minimum atomic E-state index is -0.981. The first-order chi connectivity index (χ1) is 11.0. The van der Waals surface area contributed by atoms with Gasteiger partial charge in [0.2, 0.25) is 5.91 Å². The minimum Gasteiger partial charge on any atom is -0.496 e. The average Bonchev–Trinajstić information content (AvgIpc) is 2.55. The Morgan fingerprint density at radius 1 is 1.13 bits per heavy atom. The van der Waals surface area contributed by atoms with Gasteiger partial charge in [0.15, 0.2) is 0 Å². The number of rotatable bonds is 6. The van der Waals surface area contributed by atoms with E-state index in [0.29, 0.717) is 0 Å². The van der Waals surface area contributed by atoms with Gasteiger partial charge < -0.3 is 15.2 Å². The number of aromatic carboxylic acids is 1. The molecule has 2 aromatic rings. The molecule has 1 amide bonds. The van der Waals surface area contributed by atoms with Crippen LogP contribution in [0.2, 0.25) is 0 Å². The molecule has 0 bridgehead atoms. The van der Waals surface area contributed by atoms with Gasteiger partial charge in [-0.3, -0.25) is 4.79 Å². The van der Waals surface area contributed by atoms with Crippen molar-refractivity contribution in [2.24, 2.45) is 0 Å². The topological polar surface area (TPSA) is 75.6 Å². The third-order valence-electron chi connectivity index (χ3n) is 3.55. The van der Waals surface area contributed by atoms with Gasteiger partial charge in [-0.2, -0.15) is 0 Å². The highest BCUT2D eigenvalue weighted by atomic mass is 16.5. The highest BCUT2D eigenvalue weighted by Crippen LogP contribution is 2.24. The summed E-state index contributed by atoms with van der Waals surface area (Å²) in [7, 11) is 1.59. The number of amides is 1. The number of carboxylic acids is 1. The molecule has 2 rings (SSSR count). The van der Waals surface area contributed by atoms with Gasteiger partial charge in [-0.1, -0.05) is 30.3 Å². The van der Waals surface area contributed by atoms with Crippen molar-refractivity contribution in [1.29, 1.82) is 0 Å². The van der Waals surface area contributed by atoms with Crippen LogP contribution in [-0.4, -0.2) is 24.1 Å². The van der Waals surface area contributed by atoms with E-state index in [1.807, 2.05) is 31.2 Å². The molecular formula is C18H19NO4. The molecule has 0 aromatic heterocycles. The van der Waals surface area contributed by atoms with Crippen molar-refractivity contribution in [3.63, 3.8) is 0 Å². The molecule has 0 saturated carbocycles. The second-order valence-corrected chi connectivity index (χ2v) is 5.21. The van der Waals surface area contributed by atoms with Crippen LogP contribution in [0.15, 0.2) is 48.5 Å². The van der Waals surface area contributed by atoms with Gasteiger partial charge in [-0.05, 0) is 30.7 Å². The molecule has 0 saturated heterocycles. The normalized spacial score (nSPS) is 11.6. The molecule has 1 atom stereocenters. The molecular weight excluding hydrogens is 294 g/mol. The number of nitrogens with one attached hydrogen (secondary N) is 1. The third kappa shape index (κ3) is 4.32. The van der Waals surface area contributed by atoms with Crippen molar-refractivity contribution in [2.45, 2.75) is 19.4 Å². The Morgan fingerprint density at radius 2 is 1.78 bits per heavy atom. The first-order valence-electron chi connectivity index (χ1n) is 7.25. The van der Waals surface area contributed by atoms with Crippen molar-refractivity contribution in [3.8, 4) is 5.75 Å². The van der Waals surface area contributed by atoms with Crippen molar-refractivity contribution < 1.29 is 19.4 Å². The Bertz CT molecular complexity index is 694. The van der Waals surface area contributed by atoms with Crippen LogP contribution in [0.5, 0.6) is 5.75 Å². The summed E-state index contributed by atoms with van der Waals surface area (Å²) in [6.45, 7) is 1.89. The minimum absolute atomic E-state index is 0.133. The largest absolute Gasteiger partial charge is 0.496 e. The van der Waals surface area contributed by atoms with Crippen molar-refractivity contribution >= 4 is 11.9 Å². The number of ether oxygens (including phenoxy) is 1. The molecule has 0 spiro atoms. The number of carbonyl (C=O) groups is 2. The number of benzene rings is 2. The maximum absolute atomic E-state index is 12.1. The van der Waals surface area contributed by atoms with E-state index in [0.717, 1.165) is 16.9 Å². The molecule has 0 aliphatic rings. The lowest BCUT2D eigenvalue weighted by Crippen LogP contribution is -2.28. The van der Waals surface area contributed by atoms with Gasteiger partial charge in [-0.25, -0.2) is 4.79 Å². The quantitative estimate of drug-likeness (QED) is 0.860.